The van der Waals surface area contributed by atoms with E-state index in [0.29, 0.717) is 17.5 Å². The van der Waals surface area contributed by atoms with Gasteiger partial charge in [0.1, 0.15) is 18.1 Å². The van der Waals surface area contributed by atoms with Crippen LogP contribution in [0.3, 0.4) is 0 Å². The summed E-state index contributed by atoms with van der Waals surface area (Å²) in [6.45, 7) is 5.36. The molecule has 0 amide bonds. The molecule has 1 aliphatic heterocycles. The van der Waals surface area contributed by atoms with Gasteiger partial charge in [-0.1, -0.05) is 17.7 Å². The van der Waals surface area contributed by atoms with E-state index in [1.54, 1.807) is 21.3 Å². The van der Waals surface area contributed by atoms with Crippen molar-refractivity contribution in [3.8, 4) is 23.0 Å². The molecule has 0 saturated heterocycles. The third kappa shape index (κ3) is 5.46. The predicted octanol–water partition coefficient (Wildman–Crippen LogP) is 5.70. The van der Waals surface area contributed by atoms with Crippen LogP contribution in [0, 0.1) is 13.8 Å². The van der Waals surface area contributed by atoms with Gasteiger partial charge in [-0.05, 0) is 91.6 Å². The van der Waals surface area contributed by atoms with Crippen LogP contribution in [0.4, 0.5) is 5.69 Å². The molecular weight excluding hydrogens is 460 g/mol. The monoisotopic (exact) mass is 492 g/mol. The topological polar surface area (TPSA) is 52.2 Å². The number of aryl methyl sites for hydroxylation is 2. The highest BCUT2D eigenvalue weighted by atomic mass is 32.1. The minimum atomic E-state index is -0.105. The molecule has 0 spiro atoms. The number of benzene rings is 3. The lowest BCUT2D eigenvalue weighted by molar-refractivity contribution is 0.190. The van der Waals surface area contributed by atoms with Crippen LogP contribution >= 0.6 is 12.2 Å². The Morgan fingerprint density at radius 3 is 2.26 bits per heavy atom. The summed E-state index contributed by atoms with van der Waals surface area (Å²) in [6.07, 6.45) is 0.837. The zero-order chi connectivity index (χ0) is 24.9. The molecule has 1 heterocycles. The number of thiocarbonyl (C=S) groups is 1. The van der Waals surface area contributed by atoms with Crippen LogP contribution < -0.4 is 24.3 Å². The zero-order valence-corrected chi connectivity index (χ0v) is 21.7. The van der Waals surface area contributed by atoms with Crippen LogP contribution in [-0.2, 0) is 6.42 Å². The lowest BCUT2D eigenvalue weighted by Crippen LogP contribution is -2.44. The molecule has 0 unspecified atom stereocenters. The lowest BCUT2D eigenvalue weighted by Gasteiger charge is -2.39. The molecule has 1 aliphatic rings. The number of fused-ring (bicyclic) bond motifs is 1. The normalized spacial score (nSPS) is 14.7. The molecule has 0 aromatic heterocycles. The maximum Gasteiger partial charge on any atom is 0.174 e. The molecule has 0 fully saturated rings. The van der Waals surface area contributed by atoms with E-state index < -0.39 is 0 Å². The van der Waals surface area contributed by atoms with Crippen LogP contribution in [0.25, 0.3) is 0 Å². The maximum absolute atomic E-state index is 6.25. The summed E-state index contributed by atoms with van der Waals surface area (Å²) in [7, 11) is 4.96. The Balaban J connectivity index is 1.64. The van der Waals surface area contributed by atoms with Gasteiger partial charge in [-0.2, -0.15) is 0 Å². The van der Waals surface area contributed by atoms with Crippen molar-refractivity contribution in [3.05, 3.63) is 76.9 Å². The van der Waals surface area contributed by atoms with Gasteiger partial charge in [-0.3, -0.25) is 0 Å². The molecule has 1 N–H and O–H groups in total. The molecule has 1 atom stereocenters. The standard InChI is InChI=1S/C28H32N2O4S/c1-18-6-11-24(19(2)14-18)29-28(35)30-13-12-20-15-26(32-4)27(33-5)16-23(20)25(30)17-34-22-9-7-21(31-3)8-10-22/h6-11,14-16,25H,12-13,17H2,1-5H3,(H,29,35)/t25-/m1/s1. The highest BCUT2D eigenvalue weighted by Crippen LogP contribution is 2.39. The summed E-state index contributed by atoms with van der Waals surface area (Å²) >= 11 is 5.91. The number of hydrogen-bond acceptors (Lipinski definition) is 5. The molecule has 4 rings (SSSR count). The van der Waals surface area contributed by atoms with E-state index >= 15 is 0 Å². The number of nitrogens with zero attached hydrogens (tertiary/aromatic N) is 1. The van der Waals surface area contributed by atoms with E-state index in [1.165, 1.54) is 11.1 Å². The predicted molar refractivity (Wildman–Crippen MR) is 143 cm³/mol. The van der Waals surface area contributed by atoms with Crippen molar-refractivity contribution >= 4 is 23.0 Å². The van der Waals surface area contributed by atoms with Crippen molar-refractivity contribution in [2.45, 2.75) is 26.3 Å². The summed E-state index contributed by atoms with van der Waals surface area (Å²) in [5.74, 6) is 2.98. The van der Waals surface area contributed by atoms with Crippen molar-refractivity contribution in [3.63, 3.8) is 0 Å². The van der Waals surface area contributed by atoms with Gasteiger partial charge in [0.15, 0.2) is 16.6 Å². The Kier molecular flexibility index (Phi) is 7.66. The molecular formula is C28H32N2O4S. The number of hydrogen-bond donors (Lipinski definition) is 1. The van der Waals surface area contributed by atoms with E-state index in [0.717, 1.165) is 47.0 Å². The molecule has 0 saturated carbocycles. The fourth-order valence-electron chi connectivity index (χ4n) is 4.44. The Morgan fingerprint density at radius 1 is 0.914 bits per heavy atom. The molecule has 3 aromatic rings. The second-order valence-electron chi connectivity index (χ2n) is 8.60. The average Bonchev–Trinajstić information content (AvgIpc) is 2.88. The van der Waals surface area contributed by atoms with Gasteiger partial charge in [0.05, 0.1) is 27.4 Å². The Bertz CT molecular complexity index is 1200. The highest BCUT2D eigenvalue weighted by Gasteiger charge is 2.31. The lowest BCUT2D eigenvalue weighted by atomic mass is 9.92. The van der Waals surface area contributed by atoms with Gasteiger partial charge in [0.2, 0.25) is 0 Å². The number of ether oxygens (including phenoxy) is 4. The number of nitrogens with one attached hydrogen (secondary N) is 1. The van der Waals surface area contributed by atoms with E-state index in [2.05, 4.69) is 48.3 Å². The third-order valence-corrected chi connectivity index (χ3v) is 6.69. The molecule has 6 nitrogen and oxygen atoms in total. The van der Waals surface area contributed by atoms with Crippen molar-refractivity contribution in [1.82, 2.24) is 4.90 Å². The van der Waals surface area contributed by atoms with Crippen molar-refractivity contribution in [2.75, 3.05) is 39.8 Å². The number of rotatable bonds is 7. The van der Waals surface area contributed by atoms with Gasteiger partial charge >= 0.3 is 0 Å². The van der Waals surface area contributed by atoms with Crippen molar-refractivity contribution < 1.29 is 18.9 Å². The molecule has 35 heavy (non-hydrogen) atoms. The summed E-state index contributed by atoms with van der Waals surface area (Å²) < 4.78 is 22.7. The minimum absolute atomic E-state index is 0.105. The third-order valence-electron chi connectivity index (χ3n) is 6.35. The molecule has 0 radical (unpaired) electrons. The van der Waals surface area contributed by atoms with Crippen LogP contribution in [0.2, 0.25) is 0 Å². The minimum Gasteiger partial charge on any atom is -0.497 e. The fraction of sp³-hybridized carbons (Fsp3) is 0.321. The first-order valence-corrected chi connectivity index (χ1v) is 12.0. The number of methoxy groups -OCH3 is 3. The second-order valence-corrected chi connectivity index (χ2v) is 8.99. The first-order valence-electron chi connectivity index (χ1n) is 11.6. The molecule has 3 aromatic carbocycles. The molecule has 7 heteroatoms. The quantitative estimate of drug-likeness (QED) is 0.424. The Hall–Kier alpha value is -3.45. The number of anilines is 1. The SMILES string of the molecule is COc1ccc(OC[C@@H]2c3cc(OC)c(OC)cc3CCN2C(=S)Nc2ccc(C)cc2C)cc1. The van der Waals surface area contributed by atoms with Gasteiger partial charge in [-0.25, -0.2) is 0 Å². The van der Waals surface area contributed by atoms with Crippen LogP contribution in [-0.4, -0.2) is 44.5 Å². The highest BCUT2D eigenvalue weighted by molar-refractivity contribution is 7.80. The van der Waals surface area contributed by atoms with Gasteiger partial charge < -0.3 is 29.2 Å². The molecule has 0 aliphatic carbocycles. The zero-order valence-electron chi connectivity index (χ0n) is 20.9. The fourth-order valence-corrected chi connectivity index (χ4v) is 4.77. The van der Waals surface area contributed by atoms with Gasteiger partial charge in [-0.15, -0.1) is 0 Å². The van der Waals surface area contributed by atoms with Crippen molar-refractivity contribution in [2.24, 2.45) is 0 Å². The largest absolute Gasteiger partial charge is 0.497 e. The van der Waals surface area contributed by atoms with E-state index in [4.69, 9.17) is 31.2 Å². The first-order chi connectivity index (χ1) is 16.9. The van der Waals surface area contributed by atoms with E-state index in [-0.39, 0.29) is 6.04 Å². The Morgan fingerprint density at radius 2 is 1.60 bits per heavy atom. The van der Waals surface area contributed by atoms with Crippen molar-refractivity contribution in [1.29, 1.82) is 0 Å². The van der Waals surface area contributed by atoms with Gasteiger partial charge in [0.25, 0.3) is 0 Å². The Labute approximate surface area is 212 Å². The van der Waals surface area contributed by atoms with Crippen LogP contribution in [0.1, 0.15) is 28.3 Å². The summed E-state index contributed by atoms with van der Waals surface area (Å²) in [5.41, 5.74) is 5.71. The van der Waals surface area contributed by atoms with Crippen LogP contribution in [0.15, 0.2) is 54.6 Å². The second kappa shape index (κ2) is 10.9. The van der Waals surface area contributed by atoms with E-state index in [9.17, 15) is 0 Å². The van der Waals surface area contributed by atoms with E-state index in [1.807, 2.05) is 30.3 Å². The average molecular weight is 493 g/mol. The van der Waals surface area contributed by atoms with Gasteiger partial charge in [0, 0.05) is 12.2 Å². The molecule has 184 valence electrons. The summed E-state index contributed by atoms with van der Waals surface area (Å²) in [5, 5.41) is 4.13. The summed E-state index contributed by atoms with van der Waals surface area (Å²) in [6, 6.07) is 17.9. The summed E-state index contributed by atoms with van der Waals surface area (Å²) in [4.78, 5) is 2.20. The first kappa shape index (κ1) is 24.7. The molecule has 0 bridgehead atoms. The van der Waals surface area contributed by atoms with Crippen LogP contribution in [0.5, 0.6) is 23.0 Å². The smallest absolute Gasteiger partial charge is 0.174 e. The maximum atomic E-state index is 6.25.